The smallest absolute Gasteiger partial charge is 0.387 e. The van der Waals surface area contributed by atoms with E-state index in [4.69, 9.17) is 0 Å². The lowest BCUT2D eigenvalue weighted by atomic mass is 10.1. The van der Waals surface area contributed by atoms with Crippen molar-refractivity contribution >= 4 is 15.9 Å². The second kappa shape index (κ2) is 9.56. The predicted octanol–water partition coefficient (Wildman–Crippen LogP) is 2.45. The summed E-state index contributed by atoms with van der Waals surface area (Å²) < 4.78 is 67.9. The van der Waals surface area contributed by atoms with Crippen LogP contribution >= 0.6 is 0 Å². The van der Waals surface area contributed by atoms with E-state index in [0.29, 0.717) is 6.42 Å². The van der Waals surface area contributed by atoms with Gasteiger partial charge in [-0.3, -0.25) is 4.79 Å². The minimum atomic E-state index is -3.97. The monoisotopic (exact) mass is 416 g/mol. The van der Waals surface area contributed by atoms with E-state index in [1.807, 2.05) is 0 Å². The quantitative estimate of drug-likeness (QED) is 0.658. The van der Waals surface area contributed by atoms with E-state index in [0.717, 1.165) is 29.8 Å². The number of ether oxygens (including phenoxy) is 1. The molecule has 0 fully saturated rings. The highest BCUT2D eigenvalue weighted by atomic mass is 32.2. The molecule has 1 unspecified atom stereocenters. The number of rotatable bonds is 9. The average Bonchev–Trinajstić information content (AvgIpc) is 2.62. The summed E-state index contributed by atoms with van der Waals surface area (Å²) in [6.07, 6.45) is 0.415. The standard InChI is InChI=1S/C18H19F3N2O4S/c1-12(23-28(25,26)16-8-4-14(19)5-9-16)17(24)22-11-10-13-2-6-15(7-3-13)27-18(20)21/h2-9,12,18,23H,10-11H2,1H3,(H,22,24). The molecule has 10 heteroatoms. The van der Waals surface area contributed by atoms with E-state index in [-0.39, 0.29) is 17.2 Å². The first-order valence-corrected chi connectivity index (χ1v) is 9.75. The zero-order chi connectivity index (χ0) is 20.7. The number of sulfonamides is 1. The topological polar surface area (TPSA) is 84.5 Å². The maximum atomic E-state index is 12.9. The Morgan fingerprint density at radius 1 is 1.07 bits per heavy atom. The molecule has 2 rings (SSSR count). The Hall–Kier alpha value is -2.59. The zero-order valence-electron chi connectivity index (χ0n) is 14.9. The van der Waals surface area contributed by atoms with Gasteiger partial charge in [-0.2, -0.15) is 13.5 Å². The Labute approximate surface area is 160 Å². The van der Waals surface area contributed by atoms with Gasteiger partial charge >= 0.3 is 6.61 Å². The van der Waals surface area contributed by atoms with Crippen molar-refractivity contribution in [1.29, 1.82) is 0 Å². The molecule has 0 spiro atoms. The van der Waals surface area contributed by atoms with Crippen LogP contribution in [0.25, 0.3) is 0 Å². The first-order chi connectivity index (χ1) is 13.2. The number of hydrogen-bond donors (Lipinski definition) is 2. The third-order valence-corrected chi connectivity index (χ3v) is 5.27. The minimum absolute atomic E-state index is 0.0339. The molecule has 0 saturated carbocycles. The molecule has 2 aromatic carbocycles. The van der Waals surface area contributed by atoms with Gasteiger partial charge in [0.15, 0.2) is 0 Å². The predicted molar refractivity (Wildman–Crippen MR) is 96.0 cm³/mol. The number of hydrogen-bond acceptors (Lipinski definition) is 4. The van der Waals surface area contributed by atoms with Gasteiger partial charge in [0.2, 0.25) is 15.9 Å². The fourth-order valence-corrected chi connectivity index (χ4v) is 3.49. The summed E-state index contributed by atoms with van der Waals surface area (Å²) in [4.78, 5) is 11.9. The maximum Gasteiger partial charge on any atom is 0.387 e. The Balaban J connectivity index is 1.83. The Bertz CT molecular complexity index is 888. The summed E-state index contributed by atoms with van der Waals surface area (Å²) in [5, 5.41) is 2.58. The van der Waals surface area contributed by atoms with Gasteiger partial charge in [0.05, 0.1) is 10.9 Å². The largest absolute Gasteiger partial charge is 0.435 e. The third kappa shape index (κ3) is 6.54. The lowest BCUT2D eigenvalue weighted by Crippen LogP contribution is -2.45. The first kappa shape index (κ1) is 21.7. The van der Waals surface area contributed by atoms with Crippen LogP contribution in [-0.4, -0.2) is 33.5 Å². The van der Waals surface area contributed by atoms with Crippen LogP contribution in [0.1, 0.15) is 12.5 Å². The maximum absolute atomic E-state index is 12.9. The normalized spacial score (nSPS) is 12.6. The molecule has 0 saturated heterocycles. The van der Waals surface area contributed by atoms with E-state index >= 15 is 0 Å². The molecule has 1 atom stereocenters. The van der Waals surface area contributed by atoms with Crippen molar-refractivity contribution in [3.63, 3.8) is 0 Å². The second-order valence-electron chi connectivity index (χ2n) is 5.86. The fraction of sp³-hybridized carbons (Fsp3) is 0.278. The molecule has 2 N–H and O–H groups in total. The van der Waals surface area contributed by atoms with Crippen LogP contribution in [-0.2, 0) is 21.2 Å². The molecule has 0 radical (unpaired) electrons. The molecule has 28 heavy (non-hydrogen) atoms. The number of amides is 1. The van der Waals surface area contributed by atoms with Crippen molar-refractivity contribution in [1.82, 2.24) is 10.0 Å². The lowest BCUT2D eigenvalue weighted by Gasteiger charge is -2.14. The molecule has 0 aliphatic carbocycles. The molecular weight excluding hydrogens is 397 g/mol. The molecule has 1 amide bonds. The van der Waals surface area contributed by atoms with Gasteiger partial charge in [0.1, 0.15) is 11.6 Å². The average molecular weight is 416 g/mol. The SMILES string of the molecule is CC(NS(=O)(=O)c1ccc(F)cc1)C(=O)NCCc1ccc(OC(F)F)cc1. The van der Waals surface area contributed by atoms with Gasteiger partial charge in [-0.25, -0.2) is 12.8 Å². The molecule has 0 aromatic heterocycles. The van der Waals surface area contributed by atoms with Crippen molar-refractivity contribution in [3.8, 4) is 5.75 Å². The number of benzene rings is 2. The third-order valence-electron chi connectivity index (χ3n) is 3.71. The summed E-state index contributed by atoms with van der Waals surface area (Å²) in [6.45, 7) is -1.30. The van der Waals surface area contributed by atoms with Crippen molar-refractivity contribution in [2.45, 2.75) is 30.9 Å². The molecule has 0 aliphatic heterocycles. The van der Waals surface area contributed by atoms with Crippen LogP contribution in [0.2, 0.25) is 0 Å². The molecule has 0 heterocycles. The van der Waals surface area contributed by atoms with Crippen LogP contribution in [0.3, 0.4) is 0 Å². The van der Waals surface area contributed by atoms with E-state index < -0.39 is 34.4 Å². The van der Waals surface area contributed by atoms with E-state index in [9.17, 15) is 26.4 Å². The zero-order valence-corrected chi connectivity index (χ0v) is 15.7. The molecular formula is C18H19F3N2O4S. The van der Waals surface area contributed by atoms with Crippen LogP contribution < -0.4 is 14.8 Å². The van der Waals surface area contributed by atoms with Gasteiger partial charge in [-0.05, 0) is 55.3 Å². The number of halogens is 3. The Morgan fingerprint density at radius 3 is 2.25 bits per heavy atom. The summed E-state index contributed by atoms with van der Waals surface area (Å²) in [5.41, 5.74) is 0.779. The highest BCUT2D eigenvalue weighted by Gasteiger charge is 2.21. The molecule has 0 bridgehead atoms. The summed E-state index contributed by atoms with van der Waals surface area (Å²) >= 11 is 0. The summed E-state index contributed by atoms with van der Waals surface area (Å²) in [6, 6.07) is 9.14. The van der Waals surface area contributed by atoms with E-state index in [1.54, 1.807) is 12.1 Å². The number of carbonyl (C=O) groups is 1. The summed E-state index contributed by atoms with van der Waals surface area (Å²) in [5.74, 6) is -1.08. The fourth-order valence-electron chi connectivity index (χ4n) is 2.29. The highest BCUT2D eigenvalue weighted by molar-refractivity contribution is 7.89. The van der Waals surface area contributed by atoms with Gasteiger partial charge in [-0.1, -0.05) is 12.1 Å². The van der Waals surface area contributed by atoms with Crippen LogP contribution in [0.5, 0.6) is 5.75 Å². The van der Waals surface area contributed by atoms with Crippen LogP contribution in [0.15, 0.2) is 53.4 Å². The Kier molecular flexibility index (Phi) is 7.41. The van der Waals surface area contributed by atoms with Crippen molar-refractivity contribution in [2.75, 3.05) is 6.54 Å². The van der Waals surface area contributed by atoms with Crippen LogP contribution in [0.4, 0.5) is 13.2 Å². The highest BCUT2D eigenvalue weighted by Crippen LogP contribution is 2.15. The number of alkyl halides is 2. The van der Waals surface area contributed by atoms with E-state index in [2.05, 4.69) is 14.8 Å². The van der Waals surface area contributed by atoms with Gasteiger partial charge < -0.3 is 10.1 Å². The van der Waals surface area contributed by atoms with Crippen molar-refractivity contribution in [2.24, 2.45) is 0 Å². The van der Waals surface area contributed by atoms with Gasteiger partial charge in [0.25, 0.3) is 0 Å². The lowest BCUT2D eigenvalue weighted by molar-refractivity contribution is -0.122. The summed E-state index contributed by atoms with van der Waals surface area (Å²) in [7, 11) is -3.97. The molecule has 2 aromatic rings. The van der Waals surface area contributed by atoms with Crippen molar-refractivity contribution < 1.29 is 31.1 Å². The Morgan fingerprint density at radius 2 is 1.68 bits per heavy atom. The van der Waals surface area contributed by atoms with Gasteiger partial charge in [0, 0.05) is 6.54 Å². The molecule has 152 valence electrons. The van der Waals surface area contributed by atoms with Crippen LogP contribution in [0, 0.1) is 5.82 Å². The van der Waals surface area contributed by atoms with Crippen molar-refractivity contribution in [3.05, 3.63) is 59.9 Å². The minimum Gasteiger partial charge on any atom is -0.435 e. The second-order valence-corrected chi connectivity index (χ2v) is 7.57. The molecule has 6 nitrogen and oxygen atoms in total. The van der Waals surface area contributed by atoms with E-state index in [1.165, 1.54) is 19.1 Å². The van der Waals surface area contributed by atoms with Gasteiger partial charge in [-0.15, -0.1) is 0 Å². The number of nitrogens with one attached hydrogen (secondary N) is 2. The molecule has 0 aliphatic rings. The number of carbonyl (C=O) groups excluding carboxylic acids is 1. The first-order valence-electron chi connectivity index (χ1n) is 8.27.